The average molecular weight is 338 g/mol. The summed E-state index contributed by atoms with van der Waals surface area (Å²) in [7, 11) is 0. The maximum absolute atomic E-state index is 13.7. The standard InChI is InChI=1S/C18H24F2N2O2/c1-11(2)22-7-5-16(21-18(23)13-6-8-24-10-13)17(22)12-3-4-14(19)15(20)9-12/h3-4,9,11,13,16-17H,5-8,10H2,1-2H3,(H,21,23)/t13-,16+,17-/m1/s1. The van der Waals surface area contributed by atoms with Crippen molar-refractivity contribution in [1.82, 2.24) is 10.2 Å². The molecule has 0 bridgehead atoms. The zero-order valence-corrected chi connectivity index (χ0v) is 14.1. The van der Waals surface area contributed by atoms with Gasteiger partial charge in [0.15, 0.2) is 11.6 Å². The third-order valence-corrected chi connectivity index (χ3v) is 5.01. The van der Waals surface area contributed by atoms with Crippen LogP contribution >= 0.6 is 0 Å². The van der Waals surface area contributed by atoms with Crippen molar-refractivity contribution in [3.05, 3.63) is 35.4 Å². The summed E-state index contributed by atoms with van der Waals surface area (Å²) in [6.45, 7) is 6.03. The number of amides is 1. The van der Waals surface area contributed by atoms with Crippen molar-refractivity contribution in [2.45, 2.75) is 44.8 Å². The van der Waals surface area contributed by atoms with Gasteiger partial charge in [-0.05, 0) is 44.4 Å². The van der Waals surface area contributed by atoms with Crippen molar-refractivity contribution < 1.29 is 18.3 Å². The molecule has 0 spiro atoms. The van der Waals surface area contributed by atoms with Crippen molar-refractivity contribution in [1.29, 1.82) is 0 Å². The van der Waals surface area contributed by atoms with Gasteiger partial charge in [-0.2, -0.15) is 0 Å². The molecule has 6 heteroatoms. The number of benzene rings is 1. The smallest absolute Gasteiger partial charge is 0.225 e. The van der Waals surface area contributed by atoms with E-state index in [9.17, 15) is 13.6 Å². The summed E-state index contributed by atoms with van der Waals surface area (Å²) >= 11 is 0. The molecule has 0 aliphatic carbocycles. The molecule has 3 atom stereocenters. The Morgan fingerprint density at radius 2 is 2.08 bits per heavy atom. The summed E-state index contributed by atoms with van der Waals surface area (Å²) < 4.78 is 32.3. The Morgan fingerprint density at radius 3 is 2.71 bits per heavy atom. The average Bonchev–Trinajstić information content (AvgIpc) is 3.19. The number of hydrogen-bond donors (Lipinski definition) is 1. The molecule has 4 nitrogen and oxygen atoms in total. The number of hydrogen-bond acceptors (Lipinski definition) is 3. The van der Waals surface area contributed by atoms with Gasteiger partial charge in [0.05, 0.1) is 18.6 Å². The van der Waals surface area contributed by atoms with E-state index in [1.807, 2.05) is 0 Å². The fraction of sp³-hybridized carbons (Fsp3) is 0.611. The van der Waals surface area contributed by atoms with Crippen molar-refractivity contribution in [2.24, 2.45) is 5.92 Å². The van der Waals surface area contributed by atoms with E-state index < -0.39 is 11.6 Å². The van der Waals surface area contributed by atoms with Crippen LogP contribution in [0.15, 0.2) is 18.2 Å². The van der Waals surface area contributed by atoms with Crippen LogP contribution in [0.4, 0.5) is 8.78 Å². The first-order valence-corrected chi connectivity index (χ1v) is 8.56. The van der Waals surface area contributed by atoms with Gasteiger partial charge < -0.3 is 10.1 Å². The molecule has 132 valence electrons. The van der Waals surface area contributed by atoms with Gasteiger partial charge in [0, 0.05) is 25.2 Å². The zero-order chi connectivity index (χ0) is 17.3. The predicted octanol–water partition coefficient (Wildman–Crippen LogP) is 2.64. The fourth-order valence-corrected chi connectivity index (χ4v) is 3.71. The molecule has 2 aliphatic rings. The van der Waals surface area contributed by atoms with Gasteiger partial charge >= 0.3 is 0 Å². The van der Waals surface area contributed by atoms with Crippen LogP contribution in [0.25, 0.3) is 0 Å². The molecule has 24 heavy (non-hydrogen) atoms. The summed E-state index contributed by atoms with van der Waals surface area (Å²) in [5.41, 5.74) is 0.702. The summed E-state index contributed by atoms with van der Waals surface area (Å²) in [5, 5.41) is 3.11. The number of rotatable bonds is 4. The van der Waals surface area contributed by atoms with E-state index in [1.54, 1.807) is 6.07 Å². The molecular formula is C18H24F2N2O2. The van der Waals surface area contributed by atoms with Crippen molar-refractivity contribution >= 4 is 5.91 Å². The number of likely N-dealkylation sites (tertiary alicyclic amines) is 1. The Morgan fingerprint density at radius 1 is 1.29 bits per heavy atom. The number of carbonyl (C=O) groups excluding carboxylic acids is 1. The third kappa shape index (κ3) is 3.44. The van der Waals surface area contributed by atoms with Crippen molar-refractivity contribution in [3.63, 3.8) is 0 Å². The van der Waals surface area contributed by atoms with Crippen LogP contribution in [0, 0.1) is 17.6 Å². The molecular weight excluding hydrogens is 314 g/mol. The van der Waals surface area contributed by atoms with Gasteiger partial charge in [-0.3, -0.25) is 9.69 Å². The van der Waals surface area contributed by atoms with Crippen molar-refractivity contribution in [3.8, 4) is 0 Å². The van der Waals surface area contributed by atoms with Gasteiger partial charge in [-0.1, -0.05) is 6.07 Å². The highest BCUT2D eigenvalue weighted by Gasteiger charge is 2.39. The Hall–Kier alpha value is -1.53. The summed E-state index contributed by atoms with van der Waals surface area (Å²) in [6, 6.07) is 4.02. The minimum atomic E-state index is -0.850. The molecule has 0 saturated carbocycles. The number of ether oxygens (including phenoxy) is 1. The second-order valence-corrected chi connectivity index (χ2v) is 6.91. The molecule has 2 heterocycles. The molecule has 3 rings (SSSR count). The number of nitrogens with zero attached hydrogens (tertiary/aromatic N) is 1. The molecule has 0 unspecified atom stereocenters. The van der Waals surface area contributed by atoms with Crippen LogP contribution in [-0.4, -0.2) is 42.6 Å². The molecule has 1 aromatic carbocycles. The molecule has 0 radical (unpaired) electrons. The first-order chi connectivity index (χ1) is 11.5. The molecule has 1 aromatic rings. The van der Waals surface area contributed by atoms with E-state index in [0.29, 0.717) is 18.8 Å². The van der Waals surface area contributed by atoms with Crippen LogP contribution in [0.5, 0.6) is 0 Å². The lowest BCUT2D eigenvalue weighted by molar-refractivity contribution is -0.125. The first kappa shape index (κ1) is 17.3. The van der Waals surface area contributed by atoms with Crippen LogP contribution in [-0.2, 0) is 9.53 Å². The SMILES string of the molecule is CC(C)N1CC[C@H](NC(=O)[C@@H]2CCOC2)[C@H]1c1ccc(F)c(F)c1. The molecule has 2 fully saturated rings. The van der Waals surface area contributed by atoms with Crippen LogP contribution < -0.4 is 5.32 Å². The van der Waals surface area contributed by atoms with Crippen LogP contribution in [0.3, 0.4) is 0 Å². The zero-order valence-electron chi connectivity index (χ0n) is 14.1. The fourth-order valence-electron chi connectivity index (χ4n) is 3.71. The highest BCUT2D eigenvalue weighted by atomic mass is 19.2. The van der Waals surface area contributed by atoms with Crippen LogP contribution in [0.2, 0.25) is 0 Å². The highest BCUT2D eigenvalue weighted by molar-refractivity contribution is 5.79. The largest absolute Gasteiger partial charge is 0.381 e. The normalized spacial score (nSPS) is 27.8. The minimum Gasteiger partial charge on any atom is -0.381 e. The Labute approximate surface area is 141 Å². The lowest BCUT2D eigenvalue weighted by atomic mass is 9.98. The minimum absolute atomic E-state index is 0.00399. The second-order valence-electron chi connectivity index (χ2n) is 6.91. The Balaban J connectivity index is 1.81. The Bertz CT molecular complexity index is 603. The summed E-state index contributed by atoms with van der Waals surface area (Å²) in [5.74, 6) is -1.81. The summed E-state index contributed by atoms with van der Waals surface area (Å²) in [4.78, 5) is 14.7. The number of nitrogens with one attached hydrogen (secondary N) is 1. The monoisotopic (exact) mass is 338 g/mol. The molecule has 2 aliphatic heterocycles. The second kappa shape index (κ2) is 7.15. The van der Waals surface area contributed by atoms with E-state index in [4.69, 9.17) is 4.74 Å². The van der Waals surface area contributed by atoms with E-state index in [2.05, 4.69) is 24.1 Å². The maximum atomic E-state index is 13.7. The van der Waals surface area contributed by atoms with E-state index in [0.717, 1.165) is 25.5 Å². The molecule has 2 saturated heterocycles. The molecule has 1 N–H and O–H groups in total. The number of carbonyl (C=O) groups is 1. The van der Waals surface area contributed by atoms with Gasteiger partial charge in [0.25, 0.3) is 0 Å². The highest BCUT2D eigenvalue weighted by Crippen LogP contribution is 2.35. The van der Waals surface area contributed by atoms with Gasteiger partial charge in [0.2, 0.25) is 5.91 Å². The van der Waals surface area contributed by atoms with E-state index >= 15 is 0 Å². The Kier molecular flexibility index (Phi) is 5.15. The van der Waals surface area contributed by atoms with Gasteiger partial charge in [-0.25, -0.2) is 8.78 Å². The lowest BCUT2D eigenvalue weighted by Gasteiger charge is -2.32. The van der Waals surface area contributed by atoms with Gasteiger partial charge in [0.1, 0.15) is 0 Å². The molecule has 1 amide bonds. The number of halogens is 2. The predicted molar refractivity (Wildman–Crippen MR) is 86.4 cm³/mol. The maximum Gasteiger partial charge on any atom is 0.225 e. The van der Waals surface area contributed by atoms with Gasteiger partial charge in [-0.15, -0.1) is 0 Å². The lowest BCUT2D eigenvalue weighted by Crippen LogP contribution is -2.43. The first-order valence-electron chi connectivity index (χ1n) is 8.56. The van der Waals surface area contributed by atoms with Crippen molar-refractivity contribution in [2.75, 3.05) is 19.8 Å². The molecule has 0 aromatic heterocycles. The van der Waals surface area contributed by atoms with E-state index in [-0.39, 0.29) is 30.0 Å². The van der Waals surface area contributed by atoms with E-state index in [1.165, 1.54) is 6.07 Å². The summed E-state index contributed by atoms with van der Waals surface area (Å²) in [6.07, 6.45) is 1.53. The topological polar surface area (TPSA) is 41.6 Å². The third-order valence-electron chi connectivity index (χ3n) is 5.01. The quantitative estimate of drug-likeness (QED) is 0.918. The van der Waals surface area contributed by atoms with Crippen LogP contribution in [0.1, 0.15) is 38.3 Å².